The Labute approximate surface area is 123 Å². The van der Waals surface area contributed by atoms with Crippen LogP contribution in [-0.4, -0.2) is 16.2 Å². The van der Waals surface area contributed by atoms with E-state index in [2.05, 4.69) is 4.98 Å². The Morgan fingerprint density at radius 2 is 2.05 bits per heavy atom. The van der Waals surface area contributed by atoms with E-state index < -0.39 is 6.10 Å². The number of pyridine rings is 1. The fourth-order valence-electron chi connectivity index (χ4n) is 1.92. The average Bonchev–Trinajstić information content (AvgIpc) is 2.41. The molecule has 0 radical (unpaired) electrons. The molecule has 19 heavy (non-hydrogen) atoms. The first-order valence-electron chi connectivity index (χ1n) is 6.16. The van der Waals surface area contributed by atoms with Gasteiger partial charge in [-0.1, -0.05) is 35.3 Å². The summed E-state index contributed by atoms with van der Waals surface area (Å²) in [5, 5.41) is 11.3. The van der Waals surface area contributed by atoms with Gasteiger partial charge >= 0.3 is 0 Å². The number of halogens is 2. The number of aryl methyl sites for hydroxylation is 1. The van der Waals surface area contributed by atoms with Gasteiger partial charge < -0.3 is 5.11 Å². The zero-order chi connectivity index (χ0) is 13.7. The second kappa shape index (κ2) is 6.90. The van der Waals surface area contributed by atoms with Crippen molar-refractivity contribution in [1.29, 1.82) is 0 Å². The molecule has 0 bridgehead atoms. The first-order valence-corrected chi connectivity index (χ1v) is 6.91. The summed E-state index contributed by atoms with van der Waals surface area (Å²) in [6.45, 7) is 0. The van der Waals surface area contributed by atoms with Gasteiger partial charge in [0, 0.05) is 22.4 Å². The quantitative estimate of drug-likeness (QED) is 0.907. The number of benzene rings is 1. The Hall–Kier alpha value is -1.09. The largest absolute Gasteiger partial charge is 0.393 e. The Balaban J connectivity index is 1.89. The number of aromatic nitrogens is 1. The lowest BCUT2D eigenvalue weighted by molar-refractivity contribution is 0.165. The van der Waals surface area contributed by atoms with Crippen molar-refractivity contribution < 1.29 is 5.11 Å². The summed E-state index contributed by atoms with van der Waals surface area (Å²) in [5.41, 5.74) is 2.05. The normalized spacial score (nSPS) is 12.4. The van der Waals surface area contributed by atoms with Crippen molar-refractivity contribution in [1.82, 2.24) is 4.98 Å². The summed E-state index contributed by atoms with van der Waals surface area (Å²) in [6, 6.07) is 9.26. The molecule has 0 amide bonds. The van der Waals surface area contributed by atoms with E-state index in [0.717, 1.165) is 17.5 Å². The van der Waals surface area contributed by atoms with Crippen molar-refractivity contribution in [2.45, 2.75) is 25.4 Å². The van der Waals surface area contributed by atoms with Crippen LogP contribution in [0.2, 0.25) is 10.0 Å². The van der Waals surface area contributed by atoms with Gasteiger partial charge in [0.05, 0.1) is 6.10 Å². The van der Waals surface area contributed by atoms with Crippen LogP contribution in [0.1, 0.15) is 17.5 Å². The van der Waals surface area contributed by atoms with Gasteiger partial charge in [-0.2, -0.15) is 0 Å². The lowest BCUT2D eigenvalue weighted by atomic mass is 10.0. The standard InChI is InChI=1S/C15H15Cl2NO/c16-13-5-4-12(15(17)9-13)8-14(19)6-3-11-2-1-7-18-10-11/h1-2,4-5,7,9-10,14,19H,3,6,8H2. The van der Waals surface area contributed by atoms with Crippen molar-refractivity contribution in [3.63, 3.8) is 0 Å². The van der Waals surface area contributed by atoms with Gasteiger partial charge in [-0.15, -0.1) is 0 Å². The summed E-state index contributed by atoms with van der Waals surface area (Å²) in [7, 11) is 0. The molecule has 0 saturated carbocycles. The third-order valence-electron chi connectivity index (χ3n) is 2.96. The average molecular weight is 296 g/mol. The number of hydrogen-bond donors (Lipinski definition) is 1. The van der Waals surface area contributed by atoms with E-state index in [1.807, 2.05) is 24.4 Å². The predicted octanol–water partition coefficient (Wildman–Crippen LogP) is 3.92. The molecule has 2 rings (SSSR count). The summed E-state index contributed by atoms with van der Waals surface area (Å²) >= 11 is 11.9. The number of aliphatic hydroxyl groups excluding tert-OH is 1. The summed E-state index contributed by atoms with van der Waals surface area (Å²) in [5.74, 6) is 0. The molecule has 1 N–H and O–H groups in total. The molecule has 100 valence electrons. The minimum absolute atomic E-state index is 0.418. The molecular formula is C15H15Cl2NO. The SMILES string of the molecule is OC(CCc1cccnc1)Cc1ccc(Cl)cc1Cl. The maximum absolute atomic E-state index is 10.0. The molecule has 0 aliphatic rings. The highest BCUT2D eigenvalue weighted by Gasteiger charge is 2.09. The third-order valence-corrected chi connectivity index (χ3v) is 3.55. The number of rotatable bonds is 5. The van der Waals surface area contributed by atoms with Crippen LogP contribution < -0.4 is 0 Å². The molecular weight excluding hydrogens is 281 g/mol. The van der Waals surface area contributed by atoms with Crippen molar-refractivity contribution in [3.8, 4) is 0 Å². The topological polar surface area (TPSA) is 33.1 Å². The highest BCUT2D eigenvalue weighted by atomic mass is 35.5. The van der Waals surface area contributed by atoms with Gasteiger partial charge in [0.25, 0.3) is 0 Å². The molecule has 0 aliphatic heterocycles. The molecule has 4 heteroatoms. The van der Waals surface area contributed by atoms with Crippen molar-refractivity contribution in [2.24, 2.45) is 0 Å². The van der Waals surface area contributed by atoms with E-state index in [-0.39, 0.29) is 0 Å². The minimum Gasteiger partial charge on any atom is -0.393 e. The second-order valence-corrected chi connectivity index (χ2v) is 5.34. The predicted molar refractivity (Wildman–Crippen MR) is 78.7 cm³/mol. The van der Waals surface area contributed by atoms with E-state index in [9.17, 15) is 5.11 Å². The molecule has 0 saturated heterocycles. The molecule has 0 spiro atoms. The Kier molecular flexibility index (Phi) is 5.20. The maximum Gasteiger partial charge on any atom is 0.0584 e. The smallest absolute Gasteiger partial charge is 0.0584 e. The summed E-state index contributed by atoms with van der Waals surface area (Å²) in [4.78, 5) is 4.05. The number of hydrogen-bond acceptors (Lipinski definition) is 2. The Morgan fingerprint density at radius 1 is 1.21 bits per heavy atom. The first kappa shape index (κ1) is 14.3. The Morgan fingerprint density at radius 3 is 2.74 bits per heavy atom. The zero-order valence-corrected chi connectivity index (χ0v) is 11.9. The molecule has 1 atom stereocenters. The van der Waals surface area contributed by atoms with Gasteiger partial charge in [0.15, 0.2) is 0 Å². The molecule has 0 aliphatic carbocycles. The molecule has 1 aromatic heterocycles. The molecule has 0 fully saturated rings. The van der Waals surface area contributed by atoms with Gasteiger partial charge in [0.1, 0.15) is 0 Å². The summed E-state index contributed by atoms with van der Waals surface area (Å²) in [6.07, 6.45) is 5.18. The van der Waals surface area contributed by atoms with E-state index in [1.165, 1.54) is 0 Å². The fraction of sp³-hybridized carbons (Fsp3) is 0.267. The molecule has 2 aromatic rings. The third kappa shape index (κ3) is 4.50. The Bertz CT molecular complexity index is 531. The van der Waals surface area contributed by atoms with Gasteiger partial charge in [0.2, 0.25) is 0 Å². The molecule has 1 aromatic carbocycles. The van der Waals surface area contributed by atoms with Crippen molar-refractivity contribution >= 4 is 23.2 Å². The first-order chi connectivity index (χ1) is 9.15. The van der Waals surface area contributed by atoms with Crippen molar-refractivity contribution in [3.05, 3.63) is 63.9 Å². The monoisotopic (exact) mass is 295 g/mol. The number of aliphatic hydroxyl groups is 1. The van der Waals surface area contributed by atoms with Crippen LogP contribution in [0.25, 0.3) is 0 Å². The van der Waals surface area contributed by atoms with Crippen LogP contribution in [0.15, 0.2) is 42.7 Å². The van der Waals surface area contributed by atoms with Crippen LogP contribution in [0.3, 0.4) is 0 Å². The van der Waals surface area contributed by atoms with Crippen LogP contribution in [0, 0.1) is 0 Å². The molecule has 1 heterocycles. The van der Waals surface area contributed by atoms with E-state index >= 15 is 0 Å². The highest BCUT2D eigenvalue weighted by molar-refractivity contribution is 6.35. The second-order valence-electron chi connectivity index (χ2n) is 4.49. The lowest BCUT2D eigenvalue weighted by Crippen LogP contribution is -2.12. The van der Waals surface area contributed by atoms with Crippen LogP contribution in [0.4, 0.5) is 0 Å². The zero-order valence-electron chi connectivity index (χ0n) is 10.4. The number of nitrogens with zero attached hydrogens (tertiary/aromatic N) is 1. The minimum atomic E-state index is -0.418. The van der Waals surface area contributed by atoms with E-state index in [0.29, 0.717) is 22.9 Å². The molecule has 2 nitrogen and oxygen atoms in total. The van der Waals surface area contributed by atoms with Gasteiger partial charge in [-0.05, 0) is 48.6 Å². The van der Waals surface area contributed by atoms with E-state index in [1.54, 1.807) is 18.3 Å². The van der Waals surface area contributed by atoms with Crippen LogP contribution in [-0.2, 0) is 12.8 Å². The van der Waals surface area contributed by atoms with Crippen LogP contribution in [0.5, 0.6) is 0 Å². The maximum atomic E-state index is 10.0. The van der Waals surface area contributed by atoms with Crippen molar-refractivity contribution in [2.75, 3.05) is 0 Å². The fourth-order valence-corrected chi connectivity index (χ4v) is 2.41. The van der Waals surface area contributed by atoms with Crippen LogP contribution >= 0.6 is 23.2 Å². The lowest BCUT2D eigenvalue weighted by Gasteiger charge is -2.12. The van der Waals surface area contributed by atoms with Gasteiger partial charge in [-0.25, -0.2) is 0 Å². The highest BCUT2D eigenvalue weighted by Crippen LogP contribution is 2.22. The van der Waals surface area contributed by atoms with Gasteiger partial charge in [-0.3, -0.25) is 4.98 Å². The summed E-state index contributed by atoms with van der Waals surface area (Å²) < 4.78 is 0. The van der Waals surface area contributed by atoms with E-state index in [4.69, 9.17) is 23.2 Å². The molecule has 1 unspecified atom stereocenters.